The van der Waals surface area contributed by atoms with Crippen LogP contribution in [0, 0.1) is 0 Å². The second-order valence-electron chi connectivity index (χ2n) is 6.21. The van der Waals surface area contributed by atoms with Crippen LogP contribution in [0.15, 0.2) is 54.6 Å². The number of carbonyl (C=O) groups is 1. The molecule has 0 saturated carbocycles. The van der Waals surface area contributed by atoms with E-state index >= 15 is 0 Å². The molecule has 0 aliphatic rings. The fourth-order valence-electron chi connectivity index (χ4n) is 2.72. The van der Waals surface area contributed by atoms with Gasteiger partial charge in [-0.25, -0.2) is 4.98 Å². The Morgan fingerprint density at radius 1 is 0.967 bits per heavy atom. The van der Waals surface area contributed by atoms with E-state index in [4.69, 9.17) is 51.1 Å². The predicted molar refractivity (Wildman–Crippen MR) is 126 cm³/mol. The van der Waals surface area contributed by atoms with Crippen molar-refractivity contribution in [2.75, 3.05) is 11.9 Å². The van der Waals surface area contributed by atoms with Crippen molar-refractivity contribution < 1.29 is 9.53 Å². The number of hydrogen-bond donors (Lipinski definition) is 1. The molecule has 3 aromatic carbocycles. The maximum absolute atomic E-state index is 12.4. The summed E-state index contributed by atoms with van der Waals surface area (Å²) in [6.45, 7) is -0.253. The van der Waals surface area contributed by atoms with Crippen LogP contribution in [0.3, 0.4) is 0 Å². The normalized spacial score (nSPS) is 10.9. The number of hydrogen-bond acceptors (Lipinski definition) is 4. The fraction of sp³-hybridized carbons (Fsp3) is 0.0476. The van der Waals surface area contributed by atoms with Crippen LogP contribution in [0.25, 0.3) is 20.8 Å². The standard InChI is InChI=1S/C21H12Cl4N2O2S/c22-11-5-6-18(15(25)7-11)29-10-20(28)26-17-8-12(13(23)9-14(17)24)21-27-16-3-1-2-4-19(16)30-21/h1-9H,10H2,(H,26,28). The highest BCUT2D eigenvalue weighted by Crippen LogP contribution is 2.39. The Hall–Kier alpha value is -2.02. The molecule has 30 heavy (non-hydrogen) atoms. The molecule has 0 fully saturated rings. The number of carbonyl (C=O) groups excluding carboxylic acids is 1. The zero-order valence-electron chi connectivity index (χ0n) is 15.1. The Bertz CT molecular complexity index is 1230. The van der Waals surface area contributed by atoms with Crippen molar-refractivity contribution in [3.8, 4) is 16.3 Å². The number of fused-ring (bicyclic) bond motifs is 1. The molecular formula is C21H12Cl4N2O2S. The number of benzene rings is 3. The van der Waals surface area contributed by atoms with E-state index in [0.29, 0.717) is 37.1 Å². The lowest BCUT2D eigenvalue weighted by Crippen LogP contribution is -2.20. The second kappa shape index (κ2) is 9.00. The molecule has 0 aliphatic carbocycles. The Morgan fingerprint density at radius 2 is 1.77 bits per heavy atom. The van der Waals surface area contributed by atoms with Crippen LogP contribution in [0.4, 0.5) is 5.69 Å². The van der Waals surface area contributed by atoms with Crippen LogP contribution < -0.4 is 10.1 Å². The van der Waals surface area contributed by atoms with Gasteiger partial charge in [0.1, 0.15) is 10.8 Å². The SMILES string of the molecule is O=C(COc1ccc(Cl)cc1Cl)Nc1cc(-c2nc3ccccc3s2)c(Cl)cc1Cl. The molecule has 0 atom stereocenters. The highest BCUT2D eigenvalue weighted by atomic mass is 35.5. The Kier molecular flexibility index (Phi) is 6.37. The number of anilines is 1. The Morgan fingerprint density at radius 3 is 2.53 bits per heavy atom. The number of nitrogens with zero attached hydrogens (tertiary/aromatic N) is 1. The van der Waals surface area contributed by atoms with Crippen molar-refractivity contribution in [2.24, 2.45) is 0 Å². The largest absolute Gasteiger partial charge is 0.482 e. The number of para-hydroxylation sites is 1. The molecule has 0 spiro atoms. The van der Waals surface area contributed by atoms with E-state index in [9.17, 15) is 4.79 Å². The van der Waals surface area contributed by atoms with Gasteiger partial charge in [-0.3, -0.25) is 4.79 Å². The first kappa shape index (κ1) is 21.2. The summed E-state index contributed by atoms with van der Waals surface area (Å²) in [6.07, 6.45) is 0. The topological polar surface area (TPSA) is 51.2 Å². The molecule has 1 aromatic heterocycles. The highest BCUT2D eigenvalue weighted by Gasteiger charge is 2.15. The second-order valence-corrected chi connectivity index (χ2v) is 8.90. The molecule has 4 aromatic rings. The number of nitrogens with one attached hydrogen (secondary N) is 1. The van der Waals surface area contributed by atoms with Crippen LogP contribution >= 0.6 is 57.7 Å². The van der Waals surface area contributed by atoms with Crippen LogP contribution in [0.1, 0.15) is 0 Å². The molecule has 4 nitrogen and oxygen atoms in total. The number of aromatic nitrogens is 1. The maximum atomic E-state index is 12.4. The zero-order chi connectivity index (χ0) is 21.3. The van der Waals surface area contributed by atoms with E-state index in [1.54, 1.807) is 24.3 Å². The third kappa shape index (κ3) is 4.66. The number of rotatable bonds is 5. The summed E-state index contributed by atoms with van der Waals surface area (Å²) in [7, 11) is 0. The smallest absolute Gasteiger partial charge is 0.262 e. The summed E-state index contributed by atoms with van der Waals surface area (Å²) in [4.78, 5) is 17.0. The fourth-order valence-corrected chi connectivity index (χ4v) is 4.75. The summed E-state index contributed by atoms with van der Waals surface area (Å²) in [5.41, 5.74) is 1.97. The Balaban J connectivity index is 1.53. The van der Waals surface area contributed by atoms with Gasteiger partial charge in [-0.15, -0.1) is 11.3 Å². The molecule has 1 N–H and O–H groups in total. The van der Waals surface area contributed by atoms with Gasteiger partial charge in [-0.1, -0.05) is 58.5 Å². The number of ether oxygens (including phenoxy) is 1. The summed E-state index contributed by atoms with van der Waals surface area (Å²) in [6, 6.07) is 15.8. The van der Waals surface area contributed by atoms with Gasteiger partial charge < -0.3 is 10.1 Å². The average Bonchev–Trinajstić information content (AvgIpc) is 3.13. The number of amides is 1. The average molecular weight is 498 g/mol. The molecule has 1 amide bonds. The lowest BCUT2D eigenvalue weighted by atomic mass is 10.2. The van der Waals surface area contributed by atoms with Crippen LogP contribution in [0.5, 0.6) is 5.75 Å². The summed E-state index contributed by atoms with van der Waals surface area (Å²) in [5, 5.41) is 5.02. The van der Waals surface area contributed by atoms with Gasteiger partial charge in [-0.05, 0) is 42.5 Å². The van der Waals surface area contributed by atoms with E-state index in [2.05, 4.69) is 10.3 Å². The maximum Gasteiger partial charge on any atom is 0.262 e. The van der Waals surface area contributed by atoms with E-state index in [1.165, 1.54) is 17.4 Å². The van der Waals surface area contributed by atoms with Crippen LogP contribution in [-0.2, 0) is 4.79 Å². The highest BCUT2D eigenvalue weighted by molar-refractivity contribution is 7.21. The van der Waals surface area contributed by atoms with E-state index in [1.807, 2.05) is 24.3 Å². The van der Waals surface area contributed by atoms with Gasteiger partial charge in [0.15, 0.2) is 6.61 Å². The Labute approximate surface area is 196 Å². The predicted octanol–water partition coefficient (Wildman–Crippen LogP) is 7.59. The first-order valence-electron chi connectivity index (χ1n) is 8.63. The molecule has 152 valence electrons. The van der Waals surface area contributed by atoms with Crippen molar-refractivity contribution in [2.45, 2.75) is 0 Å². The molecule has 4 rings (SSSR count). The zero-order valence-corrected chi connectivity index (χ0v) is 18.9. The number of thiazole rings is 1. The van der Waals surface area contributed by atoms with Crippen molar-refractivity contribution in [1.29, 1.82) is 0 Å². The van der Waals surface area contributed by atoms with E-state index < -0.39 is 5.91 Å². The van der Waals surface area contributed by atoms with Gasteiger partial charge in [0.05, 0.1) is 31.0 Å². The molecule has 0 radical (unpaired) electrons. The minimum atomic E-state index is -0.402. The lowest BCUT2D eigenvalue weighted by Gasteiger charge is -2.12. The van der Waals surface area contributed by atoms with Gasteiger partial charge in [0.2, 0.25) is 0 Å². The summed E-state index contributed by atoms with van der Waals surface area (Å²) in [5.74, 6) is -0.0472. The van der Waals surface area contributed by atoms with Crippen LogP contribution in [0.2, 0.25) is 20.1 Å². The molecular weight excluding hydrogens is 486 g/mol. The molecule has 0 bridgehead atoms. The molecule has 9 heteroatoms. The third-order valence-electron chi connectivity index (χ3n) is 4.11. The van der Waals surface area contributed by atoms with Crippen molar-refractivity contribution in [3.05, 3.63) is 74.7 Å². The number of halogens is 4. The van der Waals surface area contributed by atoms with Gasteiger partial charge in [0.25, 0.3) is 5.91 Å². The first-order valence-corrected chi connectivity index (χ1v) is 11.0. The van der Waals surface area contributed by atoms with E-state index in [0.717, 1.165) is 15.2 Å². The monoisotopic (exact) mass is 496 g/mol. The van der Waals surface area contributed by atoms with Gasteiger partial charge in [-0.2, -0.15) is 0 Å². The van der Waals surface area contributed by atoms with Gasteiger partial charge >= 0.3 is 0 Å². The van der Waals surface area contributed by atoms with Crippen molar-refractivity contribution in [3.63, 3.8) is 0 Å². The molecule has 0 aliphatic heterocycles. The summed E-state index contributed by atoms with van der Waals surface area (Å²) < 4.78 is 6.50. The third-order valence-corrected chi connectivity index (χ3v) is 6.33. The van der Waals surface area contributed by atoms with Gasteiger partial charge in [0, 0.05) is 10.6 Å². The minimum absolute atomic E-state index is 0.253. The minimum Gasteiger partial charge on any atom is -0.482 e. The van der Waals surface area contributed by atoms with E-state index in [-0.39, 0.29) is 6.61 Å². The first-order chi connectivity index (χ1) is 14.4. The molecule has 0 saturated heterocycles. The quantitative estimate of drug-likeness (QED) is 0.309. The summed E-state index contributed by atoms with van der Waals surface area (Å²) >= 11 is 26.1. The van der Waals surface area contributed by atoms with Crippen LogP contribution in [-0.4, -0.2) is 17.5 Å². The molecule has 1 heterocycles. The molecule has 0 unspecified atom stereocenters. The lowest BCUT2D eigenvalue weighted by molar-refractivity contribution is -0.118. The van der Waals surface area contributed by atoms with Crippen molar-refractivity contribution >= 4 is 79.6 Å². The van der Waals surface area contributed by atoms with Crippen molar-refractivity contribution in [1.82, 2.24) is 4.98 Å².